The number of Topliss-reactive ketones (excluding diaryl/α,β-unsaturated/α-hetero) is 1. The van der Waals surface area contributed by atoms with Gasteiger partial charge >= 0.3 is 0 Å². The van der Waals surface area contributed by atoms with Gasteiger partial charge in [0.2, 0.25) is 5.91 Å². The Labute approximate surface area is 122 Å². The van der Waals surface area contributed by atoms with Crippen LogP contribution >= 0.6 is 0 Å². The minimum Gasteiger partial charge on any atom is -0.461 e. The predicted octanol–water partition coefficient (Wildman–Crippen LogP) is 0.0734. The van der Waals surface area contributed by atoms with Gasteiger partial charge in [0.1, 0.15) is 0 Å². The van der Waals surface area contributed by atoms with Gasteiger partial charge in [-0.1, -0.05) is 0 Å². The molecule has 0 aromatic carbocycles. The van der Waals surface area contributed by atoms with Crippen LogP contribution in [0, 0.1) is 5.92 Å². The third-order valence-electron chi connectivity index (χ3n) is 3.36. The zero-order valence-electron chi connectivity index (χ0n) is 11.8. The average Bonchev–Trinajstić information content (AvgIpc) is 3.11. The molecule has 2 heterocycles. The fourth-order valence-corrected chi connectivity index (χ4v) is 2.25. The van der Waals surface area contributed by atoms with E-state index in [1.165, 1.54) is 12.3 Å². The van der Waals surface area contributed by atoms with Crippen LogP contribution < -0.4 is 5.32 Å². The normalized spacial score (nSPS) is 18.0. The van der Waals surface area contributed by atoms with Crippen LogP contribution in [0.5, 0.6) is 0 Å². The molecule has 1 fully saturated rings. The Hall–Kier alpha value is -2.15. The first-order chi connectivity index (χ1) is 10.1. The molecule has 2 rings (SSSR count). The molecule has 7 heteroatoms. The molecule has 1 N–H and O–H groups in total. The maximum Gasteiger partial charge on any atom is 0.295 e. The molecule has 0 unspecified atom stereocenters. The molecule has 1 atom stereocenters. The van der Waals surface area contributed by atoms with Gasteiger partial charge < -0.3 is 19.4 Å². The van der Waals surface area contributed by atoms with E-state index >= 15 is 0 Å². The fourth-order valence-electron chi connectivity index (χ4n) is 2.25. The number of nitrogens with zero attached hydrogens (tertiary/aromatic N) is 1. The Morgan fingerprint density at radius 2 is 2.33 bits per heavy atom. The van der Waals surface area contributed by atoms with E-state index in [2.05, 4.69) is 5.32 Å². The third-order valence-corrected chi connectivity index (χ3v) is 3.36. The number of carbonyl (C=O) groups is 3. The number of rotatable bonds is 7. The Morgan fingerprint density at radius 1 is 1.52 bits per heavy atom. The van der Waals surface area contributed by atoms with Gasteiger partial charge in [-0.15, -0.1) is 0 Å². The van der Waals surface area contributed by atoms with E-state index in [1.54, 1.807) is 18.1 Å². The Kier molecular flexibility index (Phi) is 5.10. The number of amides is 2. The summed E-state index contributed by atoms with van der Waals surface area (Å²) in [5.74, 6) is -1.35. The summed E-state index contributed by atoms with van der Waals surface area (Å²) in [5.41, 5.74) is 0. The molecule has 0 spiro atoms. The average molecular weight is 294 g/mol. The zero-order chi connectivity index (χ0) is 15.2. The molecule has 2 amide bonds. The van der Waals surface area contributed by atoms with E-state index in [-0.39, 0.29) is 17.6 Å². The Morgan fingerprint density at radius 3 is 3.00 bits per heavy atom. The van der Waals surface area contributed by atoms with Crippen molar-refractivity contribution in [3.8, 4) is 0 Å². The Balaban J connectivity index is 1.77. The van der Waals surface area contributed by atoms with Crippen LogP contribution in [0.15, 0.2) is 22.8 Å². The van der Waals surface area contributed by atoms with Crippen molar-refractivity contribution in [2.24, 2.45) is 5.92 Å². The first-order valence-electron chi connectivity index (χ1n) is 6.74. The largest absolute Gasteiger partial charge is 0.461 e. The van der Waals surface area contributed by atoms with Gasteiger partial charge in [-0.25, -0.2) is 0 Å². The summed E-state index contributed by atoms with van der Waals surface area (Å²) in [7, 11) is 1.58. The van der Waals surface area contributed by atoms with E-state index in [0.717, 1.165) is 0 Å². The highest BCUT2D eigenvalue weighted by atomic mass is 16.5. The van der Waals surface area contributed by atoms with Gasteiger partial charge in [0.15, 0.2) is 5.76 Å². The van der Waals surface area contributed by atoms with Crippen molar-refractivity contribution >= 4 is 17.6 Å². The highest BCUT2D eigenvalue weighted by molar-refractivity contribution is 6.42. The molecule has 1 aromatic rings. The second kappa shape index (κ2) is 7.03. The molecule has 7 nitrogen and oxygen atoms in total. The lowest BCUT2D eigenvalue weighted by molar-refractivity contribution is -0.128. The first kappa shape index (κ1) is 15.2. The number of hydrogen-bond donors (Lipinski definition) is 1. The van der Waals surface area contributed by atoms with Crippen LogP contribution in [0.4, 0.5) is 0 Å². The van der Waals surface area contributed by atoms with E-state index in [0.29, 0.717) is 32.7 Å². The molecule has 1 saturated heterocycles. The lowest BCUT2D eigenvalue weighted by atomic mass is 10.1. The predicted molar refractivity (Wildman–Crippen MR) is 72.6 cm³/mol. The van der Waals surface area contributed by atoms with Gasteiger partial charge in [0, 0.05) is 39.1 Å². The SMILES string of the molecule is COCCN1C[C@@H](CNC(=O)C(=O)c2ccco2)CC1=O. The summed E-state index contributed by atoms with van der Waals surface area (Å²) in [5, 5.41) is 2.55. The van der Waals surface area contributed by atoms with Crippen LogP contribution in [-0.4, -0.2) is 55.8 Å². The van der Waals surface area contributed by atoms with Crippen molar-refractivity contribution in [3.05, 3.63) is 24.2 Å². The highest BCUT2D eigenvalue weighted by Gasteiger charge is 2.30. The number of furan rings is 1. The van der Waals surface area contributed by atoms with Gasteiger partial charge in [-0.2, -0.15) is 0 Å². The standard InChI is InChI=1S/C14H18N2O5/c1-20-6-4-16-9-10(7-12(16)17)8-15-14(19)13(18)11-3-2-5-21-11/h2-3,5,10H,4,6-9H2,1H3,(H,15,19)/t10-/m1/s1. The summed E-state index contributed by atoms with van der Waals surface area (Å²) in [6, 6.07) is 2.98. The van der Waals surface area contributed by atoms with Crippen molar-refractivity contribution in [3.63, 3.8) is 0 Å². The molecule has 0 aliphatic carbocycles. The summed E-state index contributed by atoms with van der Waals surface area (Å²) >= 11 is 0. The van der Waals surface area contributed by atoms with Gasteiger partial charge in [0.25, 0.3) is 11.7 Å². The number of nitrogens with one attached hydrogen (secondary N) is 1. The first-order valence-corrected chi connectivity index (χ1v) is 6.74. The van der Waals surface area contributed by atoms with Crippen molar-refractivity contribution in [1.82, 2.24) is 10.2 Å². The van der Waals surface area contributed by atoms with Crippen molar-refractivity contribution < 1.29 is 23.5 Å². The number of carbonyl (C=O) groups excluding carboxylic acids is 3. The minimum atomic E-state index is -0.715. The van der Waals surface area contributed by atoms with Crippen molar-refractivity contribution in [1.29, 1.82) is 0 Å². The van der Waals surface area contributed by atoms with E-state index in [9.17, 15) is 14.4 Å². The minimum absolute atomic E-state index is 0.0109. The van der Waals surface area contributed by atoms with Crippen molar-refractivity contribution in [2.45, 2.75) is 6.42 Å². The molecular weight excluding hydrogens is 276 g/mol. The maximum absolute atomic E-state index is 11.7. The molecule has 114 valence electrons. The number of ketones is 1. The monoisotopic (exact) mass is 294 g/mol. The quantitative estimate of drug-likeness (QED) is 0.568. The molecular formula is C14H18N2O5. The number of methoxy groups -OCH3 is 1. The van der Waals surface area contributed by atoms with E-state index in [4.69, 9.17) is 9.15 Å². The lowest BCUT2D eigenvalue weighted by Gasteiger charge is -2.15. The fraction of sp³-hybridized carbons (Fsp3) is 0.500. The van der Waals surface area contributed by atoms with Crippen LogP contribution in [0.25, 0.3) is 0 Å². The van der Waals surface area contributed by atoms with E-state index in [1.807, 2.05) is 0 Å². The zero-order valence-corrected chi connectivity index (χ0v) is 11.8. The number of hydrogen-bond acceptors (Lipinski definition) is 5. The molecule has 1 aromatic heterocycles. The lowest BCUT2D eigenvalue weighted by Crippen LogP contribution is -2.36. The molecule has 1 aliphatic rings. The topological polar surface area (TPSA) is 88.8 Å². The number of likely N-dealkylation sites (tertiary alicyclic amines) is 1. The maximum atomic E-state index is 11.7. The van der Waals surface area contributed by atoms with E-state index < -0.39 is 11.7 Å². The van der Waals surface area contributed by atoms with Gasteiger partial charge in [-0.3, -0.25) is 14.4 Å². The van der Waals surface area contributed by atoms with Crippen molar-refractivity contribution in [2.75, 3.05) is 33.4 Å². The summed E-state index contributed by atoms with van der Waals surface area (Å²) in [6.45, 7) is 1.89. The molecule has 21 heavy (non-hydrogen) atoms. The Bertz CT molecular complexity index is 511. The molecule has 1 aliphatic heterocycles. The summed E-state index contributed by atoms with van der Waals surface area (Å²) in [4.78, 5) is 36.8. The number of ether oxygens (including phenoxy) is 1. The van der Waals surface area contributed by atoms with Crippen LogP contribution in [-0.2, 0) is 14.3 Å². The smallest absolute Gasteiger partial charge is 0.295 e. The van der Waals surface area contributed by atoms with Gasteiger partial charge in [-0.05, 0) is 12.1 Å². The van der Waals surface area contributed by atoms with Crippen LogP contribution in [0.2, 0.25) is 0 Å². The second-order valence-corrected chi connectivity index (χ2v) is 4.92. The second-order valence-electron chi connectivity index (χ2n) is 4.92. The summed E-state index contributed by atoms with van der Waals surface area (Å²) in [6.07, 6.45) is 1.71. The molecule has 0 bridgehead atoms. The highest BCUT2D eigenvalue weighted by Crippen LogP contribution is 2.16. The van der Waals surface area contributed by atoms with Gasteiger partial charge in [0.05, 0.1) is 12.9 Å². The van der Waals surface area contributed by atoms with Crippen LogP contribution in [0.3, 0.4) is 0 Å². The molecule has 0 saturated carbocycles. The summed E-state index contributed by atoms with van der Waals surface area (Å²) < 4.78 is 9.82. The molecule has 0 radical (unpaired) electrons. The van der Waals surface area contributed by atoms with Crippen LogP contribution in [0.1, 0.15) is 17.0 Å². The third kappa shape index (κ3) is 3.91.